The van der Waals surface area contributed by atoms with Crippen molar-refractivity contribution in [1.29, 1.82) is 0 Å². The van der Waals surface area contributed by atoms with Crippen LogP contribution in [-0.2, 0) is 0 Å². The Balaban J connectivity index is 2.40. The third-order valence-electron chi connectivity index (χ3n) is 1.92. The summed E-state index contributed by atoms with van der Waals surface area (Å²) in [6.45, 7) is 4.37. The maximum absolute atomic E-state index is 9.37. The van der Waals surface area contributed by atoms with Crippen molar-refractivity contribution in [3.63, 3.8) is 0 Å². The molecule has 0 bridgehead atoms. The number of rotatable bonds is 2. The first-order chi connectivity index (χ1) is 4.70. The smallest absolute Gasteiger partial charge is 0.0753 e. The van der Waals surface area contributed by atoms with Crippen molar-refractivity contribution < 1.29 is 5.11 Å². The van der Waals surface area contributed by atoms with Crippen molar-refractivity contribution in [2.45, 2.75) is 39.2 Å². The molecule has 0 aromatic carbocycles. The van der Waals surface area contributed by atoms with Gasteiger partial charge in [0.2, 0.25) is 0 Å². The largest absolute Gasteiger partial charge is 0.389 e. The van der Waals surface area contributed by atoms with Crippen LogP contribution in [0.25, 0.3) is 0 Å². The molecule has 1 heteroatoms. The van der Waals surface area contributed by atoms with Crippen molar-refractivity contribution in [1.82, 2.24) is 0 Å². The SMILES string of the molecule is CC(C)CC1=CCCC1O. The molecule has 0 saturated heterocycles. The highest BCUT2D eigenvalue weighted by Gasteiger charge is 2.16. The fourth-order valence-electron chi connectivity index (χ4n) is 1.44. The molecular formula is C9H16O. The monoisotopic (exact) mass is 140 g/mol. The van der Waals surface area contributed by atoms with Crippen molar-refractivity contribution in [2.75, 3.05) is 0 Å². The van der Waals surface area contributed by atoms with Gasteiger partial charge in [-0.15, -0.1) is 0 Å². The first-order valence-electron chi connectivity index (χ1n) is 4.07. The second-order valence-corrected chi connectivity index (χ2v) is 3.47. The van der Waals surface area contributed by atoms with E-state index in [0.717, 1.165) is 19.3 Å². The standard InChI is InChI=1S/C9H16O/c1-7(2)6-8-4-3-5-9(8)10/h4,7,9-10H,3,5-6H2,1-2H3. The minimum Gasteiger partial charge on any atom is -0.389 e. The lowest BCUT2D eigenvalue weighted by atomic mass is 10.0. The van der Waals surface area contributed by atoms with Gasteiger partial charge >= 0.3 is 0 Å². The maximum Gasteiger partial charge on any atom is 0.0753 e. The number of hydrogen-bond donors (Lipinski definition) is 1. The van der Waals surface area contributed by atoms with Gasteiger partial charge in [0.1, 0.15) is 0 Å². The zero-order valence-corrected chi connectivity index (χ0v) is 6.80. The first-order valence-corrected chi connectivity index (χ1v) is 4.07. The fraction of sp³-hybridized carbons (Fsp3) is 0.778. The van der Waals surface area contributed by atoms with Crippen LogP contribution in [0.4, 0.5) is 0 Å². The van der Waals surface area contributed by atoms with E-state index in [1.54, 1.807) is 0 Å². The summed E-state index contributed by atoms with van der Waals surface area (Å²) in [6.07, 6.45) is 5.15. The van der Waals surface area contributed by atoms with Gasteiger partial charge < -0.3 is 5.11 Å². The van der Waals surface area contributed by atoms with Crippen LogP contribution in [-0.4, -0.2) is 11.2 Å². The van der Waals surface area contributed by atoms with Gasteiger partial charge in [-0.1, -0.05) is 19.9 Å². The molecule has 0 spiro atoms. The highest BCUT2D eigenvalue weighted by atomic mass is 16.3. The van der Waals surface area contributed by atoms with Crippen LogP contribution < -0.4 is 0 Å². The Hall–Kier alpha value is -0.300. The highest BCUT2D eigenvalue weighted by molar-refractivity contribution is 5.13. The molecule has 1 unspecified atom stereocenters. The Morgan fingerprint density at radius 2 is 2.40 bits per heavy atom. The Morgan fingerprint density at radius 3 is 2.80 bits per heavy atom. The zero-order chi connectivity index (χ0) is 7.56. The van der Waals surface area contributed by atoms with Crippen LogP contribution in [0.3, 0.4) is 0 Å². The minimum absolute atomic E-state index is 0.123. The zero-order valence-electron chi connectivity index (χ0n) is 6.80. The van der Waals surface area contributed by atoms with E-state index in [-0.39, 0.29) is 6.10 Å². The average Bonchev–Trinajstić information content (AvgIpc) is 2.15. The van der Waals surface area contributed by atoms with E-state index in [1.165, 1.54) is 5.57 Å². The molecule has 0 aliphatic heterocycles. The molecule has 1 N–H and O–H groups in total. The maximum atomic E-state index is 9.37. The summed E-state index contributed by atoms with van der Waals surface area (Å²) in [5, 5.41) is 9.37. The molecule has 0 saturated carbocycles. The molecule has 0 amide bonds. The van der Waals surface area contributed by atoms with Gasteiger partial charge in [-0.25, -0.2) is 0 Å². The molecule has 58 valence electrons. The topological polar surface area (TPSA) is 20.2 Å². The van der Waals surface area contributed by atoms with E-state index < -0.39 is 0 Å². The van der Waals surface area contributed by atoms with Crippen LogP contribution >= 0.6 is 0 Å². The molecule has 1 rings (SSSR count). The Kier molecular flexibility index (Phi) is 2.50. The van der Waals surface area contributed by atoms with Crippen LogP contribution in [0.1, 0.15) is 33.1 Å². The van der Waals surface area contributed by atoms with Crippen molar-refractivity contribution in [2.24, 2.45) is 5.92 Å². The molecule has 0 radical (unpaired) electrons. The summed E-state index contributed by atoms with van der Waals surface area (Å²) in [6, 6.07) is 0. The van der Waals surface area contributed by atoms with E-state index in [2.05, 4.69) is 19.9 Å². The molecule has 1 aliphatic rings. The molecule has 1 nitrogen and oxygen atoms in total. The summed E-state index contributed by atoms with van der Waals surface area (Å²) < 4.78 is 0. The van der Waals surface area contributed by atoms with Crippen LogP contribution in [0, 0.1) is 5.92 Å². The van der Waals surface area contributed by atoms with Gasteiger partial charge in [-0.2, -0.15) is 0 Å². The van der Waals surface area contributed by atoms with Crippen molar-refractivity contribution >= 4 is 0 Å². The molecule has 0 aromatic rings. The molecule has 0 heterocycles. The number of aliphatic hydroxyl groups is 1. The average molecular weight is 140 g/mol. The predicted molar refractivity (Wildman–Crippen MR) is 42.8 cm³/mol. The third-order valence-corrected chi connectivity index (χ3v) is 1.92. The second-order valence-electron chi connectivity index (χ2n) is 3.47. The second kappa shape index (κ2) is 3.20. The van der Waals surface area contributed by atoms with Gasteiger partial charge in [0.15, 0.2) is 0 Å². The van der Waals surface area contributed by atoms with E-state index in [0.29, 0.717) is 5.92 Å². The lowest BCUT2D eigenvalue weighted by Gasteiger charge is -2.09. The minimum atomic E-state index is -0.123. The van der Waals surface area contributed by atoms with E-state index >= 15 is 0 Å². The first kappa shape index (κ1) is 7.80. The lowest BCUT2D eigenvalue weighted by Crippen LogP contribution is -2.06. The Morgan fingerprint density at radius 1 is 1.70 bits per heavy atom. The molecule has 1 aliphatic carbocycles. The van der Waals surface area contributed by atoms with Crippen molar-refractivity contribution in [3.8, 4) is 0 Å². The molecule has 10 heavy (non-hydrogen) atoms. The van der Waals surface area contributed by atoms with Gasteiger partial charge in [0.05, 0.1) is 6.10 Å². The summed E-state index contributed by atoms with van der Waals surface area (Å²) in [5.41, 5.74) is 1.26. The van der Waals surface area contributed by atoms with Gasteiger partial charge in [0.25, 0.3) is 0 Å². The highest BCUT2D eigenvalue weighted by Crippen LogP contribution is 2.24. The Bertz CT molecular complexity index is 136. The lowest BCUT2D eigenvalue weighted by molar-refractivity contribution is 0.205. The van der Waals surface area contributed by atoms with Crippen LogP contribution in [0.15, 0.2) is 11.6 Å². The third kappa shape index (κ3) is 1.84. The summed E-state index contributed by atoms with van der Waals surface area (Å²) in [7, 11) is 0. The normalized spacial score (nSPS) is 25.6. The number of allylic oxidation sites excluding steroid dienone is 1. The van der Waals surface area contributed by atoms with Crippen molar-refractivity contribution in [3.05, 3.63) is 11.6 Å². The summed E-state index contributed by atoms with van der Waals surface area (Å²) in [5.74, 6) is 0.680. The van der Waals surface area contributed by atoms with Crippen LogP contribution in [0.2, 0.25) is 0 Å². The summed E-state index contributed by atoms with van der Waals surface area (Å²) in [4.78, 5) is 0. The van der Waals surface area contributed by atoms with E-state index in [9.17, 15) is 5.11 Å². The van der Waals surface area contributed by atoms with E-state index in [4.69, 9.17) is 0 Å². The van der Waals surface area contributed by atoms with Gasteiger partial charge in [-0.3, -0.25) is 0 Å². The number of hydrogen-bond acceptors (Lipinski definition) is 1. The molecule has 1 atom stereocenters. The summed E-state index contributed by atoms with van der Waals surface area (Å²) >= 11 is 0. The van der Waals surface area contributed by atoms with Gasteiger partial charge in [-0.05, 0) is 30.8 Å². The van der Waals surface area contributed by atoms with Gasteiger partial charge in [0, 0.05) is 0 Å². The fourth-order valence-corrected chi connectivity index (χ4v) is 1.44. The quantitative estimate of drug-likeness (QED) is 0.582. The molecule has 0 fully saturated rings. The predicted octanol–water partition coefficient (Wildman–Crippen LogP) is 2.11. The molecular weight excluding hydrogens is 124 g/mol. The molecule has 0 aromatic heterocycles. The van der Waals surface area contributed by atoms with E-state index in [1.807, 2.05) is 0 Å². The Labute approximate surface area is 62.8 Å². The number of aliphatic hydroxyl groups excluding tert-OH is 1. The van der Waals surface area contributed by atoms with Crippen LogP contribution in [0.5, 0.6) is 0 Å².